The van der Waals surface area contributed by atoms with Crippen LogP contribution in [0.15, 0.2) is 53.8 Å². The molecule has 3 rings (SSSR count). The van der Waals surface area contributed by atoms with Crippen molar-refractivity contribution in [1.29, 1.82) is 0 Å². The Morgan fingerprint density at radius 2 is 1.77 bits per heavy atom. The number of anilines is 1. The molecule has 0 saturated heterocycles. The van der Waals surface area contributed by atoms with E-state index in [1.54, 1.807) is 43.6 Å². The molecule has 0 unspecified atom stereocenters. The lowest BCUT2D eigenvalue weighted by Crippen LogP contribution is -2.35. The van der Waals surface area contributed by atoms with E-state index in [2.05, 4.69) is 10.1 Å². The number of amides is 2. The van der Waals surface area contributed by atoms with Crippen molar-refractivity contribution in [3.8, 4) is 17.0 Å². The van der Waals surface area contributed by atoms with Crippen molar-refractivity contribution in [2.24, 2.45) is 5.10 Å². The van der Waals surface area contributed by atoms with Gasteiger partial charge in [-0.25, -0.2) is 14.6 Å². The summed E-state index contributed by atoms with van der Waals surface area (Å²) < 4.78 is 6.53. The van der Waals surface area contributed by atoms with Crippen LogP contribution in [0.3, 0.4) is 0 Å². The first kappa shape index (κ1) is 21.5. The highest BCUT2D eigenvalue weighted by atomic mass is 35.5. The molecule has 0 saturated carbocycles. The highest BCUT2D eigenvalue weighted by Gasteiger charge is 2.23. The summed E-state index contributed by atoms with van der Waals surface area (Å²) in [5.41, 5.74) is 1.91. The molecule has 0 aliphatic heterocycles. The molecule has 30 heavy (non-hydrogen) atoms. The number of hydrogen-bond acceptors (Lipinski definition) is 5. The third kappa shape index (κ3) is 4.69. The Bertz CT molecular complexity index is 1110. The minimum atomic E-state index is -0.477. The summed E-state index contributed by atoms with van der Waals surface area (Å²) in [5, 5.41) is 5.28. The second-order valence-electron chi connectivity index (χ2n) is 6.28. The lowest BCUT2D eigenvalue weighted by Gasteiger charge is -2.15. The molecule has 154 valence electrons. The summed E-state index contributed by atoms with van der Waals surface area (Å²) in [4.78, 5) is 29.6. The molecule has 7 nitrogen and oxygen atoms in total. The van der Waals surface area contributed by atoms with Crippen LogP contribution in [-0.2, 0) is 9.59 Å². The van der Waals surface area contributed by atoms with E-state index >= 15 is 0 Å². The van der Waals surface area contributed by atoms with Crippen molar-refractivity contribution in [3.63, 3.8) is 0 Å². The Labute approximate surface area is 183 Å². The summed E-state index contributed by atoms with van der Waals surface area (Å²) in [6.07, 6.45) is 3.12. The second kappa shape index (κ2) is 9.11. The van der Waals surface area contributed by atoms with E-state index in [0.29, 0.717) is 27.1 Å². The van der Waals surface area contributed by atoms with Gasteiger partial charge >= 0.3 is 0 Å². The number of imide groups is 1. The fourth-order valence-corrected chi connectivity index (χ4v) is 3.19. The standard InChI is InChI=1S/C21H18Cl2N4O3/c1-13(28)27(14(2)29)21-25-20(15-5-8-18(30-3)9-6-15)12-26(21)24-11-16-4-7-17(22)10-19(16)23/h4-12H,1-3H3. The first-order valence-electron chi connectivity index (χ1n) is 8.84. The summed E-state index contributed by atoms with van der Waals surface area (Å²) in [5.74, 6) is -0.184. The lowest BCUT2D eigenvalue weighted by molar-refractivity contribution is -0.124. The van der Waals surface area contributed by atoms with Crippen LogP contribution in [0, 0.1) is 0 Å². The van der Waals surface area contributed by atoms with Crippen LogP contribution in [-0.4, -0.2) is 34.8 Å². The SMILES string of the molecule is COc1ccc(-c2cn(N=Cc3ccc(Cl)cc3Cl)c(N(C(C)=O)C(C)=O)n2)cc1. The van der Waals surface area contributed by atoms with Gasteiger partial charge < -0.3 is 4.74 Å². The average Bonchev–Trinajstić information content (AvgIpc) is 3.10. The smallest absolute Gasteiger partial charge is 0.241 e. The van der Waals surface area contributed by atoms with Gasteiger partial charge in [-0.05, 0) is 36.4 Å². The Kier molecular flexibility index (Phi) is 6.54. The van der Waals surface area contributed by atoms with Crippen molar-refractivity contribution in [2.75, 3.05) is 12.0 Å². The monoisotopic (exact) mass is 444 g/mol. The fraction of sp³-hybridized carbons (Fsp3) is 0.143. The van der Waals surface area contributed by atoms with Gasteiger partial charge in [0.25, 0.3) is 0 Å². The predicted molar refractivity (Wildman–Crippen MR) is 118 cm³/mol. The molecule has 0 bridgehead atoms. The molecule has 0 fully saturated rings. The molecule has 1 aromatic heterocycles. The minimum Gasteiger partial charge on any atom is -0.497 e. The average molecular weight is 445 g/mol. The highest BCUT2D eigenvalue weighted by molar-refractivity contribution is 6.36. The molecule has 9 heteroatoms. The van der Waals surface area contributed by atoms with Gasteiger partial charge in [-0.3, -0.25) is 9.59 Å². The van der Waals surface area contributed by atoms with Crippen LogP contribution in [0.5, 0.6) is 5.75 Å². The summed E-state index contributed by atoms with van der Waals surface area (Å²) in [6.45, 7) is 2.57. The third-order valence-electron chi connectivity index (χ3n) is 4.17. The minimum absolute atomic E-state index is 0.0714. The van der Waals surface area contributed by atoms with E-state index in [0.717, 1.165) is 10.5 Å². The lowest BCUT2D eigenvalue weighted by atomic mass is 10.2. The fourth-order valence-electron chi connectivity index (χ4n) is 2.73. The molecular formula is C21H18Cl2N4O3. The van der Waals surface area contributed by atoms with Crippen molar-refractivity contribution in [1.82, 2.24) is 9.66 Å². The van der Waals surface area contributed by atoms with Gasteiger partial charge in [0.15, 0.2) is 0 Å². The number of benzene rings is 2. The topological polar surface area (TPSA) is 76.8 Å². The van der Waals surface area contributed by atoms with Crippen molar-refractivity contribution in [3.05, 3.63) is 64.3 Å². The van der Waals surface area contributed by atoms with Crippen molar-refractivity contribution in [2.45, 2.75) is 13.8 Å². The molecule has 0 aliphatic carbocycles. The normalized spacial score (nSPS) is 11.0. The maximum absolute atomic E-state index is 12.1. The number of methoxy groups -OCH3 is 1. The van der Waals surface area contributed by atoms with Crippen molar-refractivity contribution < 1.29 is 14.3 Å². The molecule has 3 aromatic rings. The molecule has 0 spiro atoms. The molecule has 2 aromatic carbocycles. The Morgan fingerprint density at radius 3 is 2.33 bits per heavy atom. The van der Waals surface area contributed by atoms with Crippen LogP contribution in [0.1, 0.15) is 19.4 Å². The summed E-state index contributed by atoms with van der Waals surface area (Å²) >= 11 is 12.1. The Morgan fingerprint density at radius 1 is 1.10 bits per heavy atom. The summed E-state index contributed by atoms with van der Waals surface area (Å²) in [7, 11) is 1.58. The highest BCUT2D eigenvalue weighted by Crippen LogP contribution is 2.26. The van der Waals surface area contributed by atoms with Crippen LogP contribution < -0.4 is 9.64 Å². The van der Waals surface area contributed by atoms with Gasteiger partial charge in [0.2, 0.25) is 17.8 Å². The molecule has 0 atom stereocenters. The maximum Gasteiger partial charge on any atom is 0.241 e. The van der Waals surface area contributed by atoms with E-state index in [-0.39, 0.29) is 5.95 Å². The number of imidazole rings is 1. The van der Waals surface area contributed by atoms with E-state index in [9.17, 15) is 9.59 Å². The first-order valence-corrected chi connectivity index (χ1v) is 9.60. The van der Waals surface area contributed by atoms with Crippen LogP contribution >= 0.6 is 23.2 Å². The number of carbonyl (C=O) groups excluding carboxylic acids is 2. The van der Waals surface area contributed by atoms with Gasteiger partial charge in [-0.1, -0.05) is 29.3 Å². The van der Waals surface area contributed by atoms with Crippen molar-refractivity contribution >= 4 is 47.2 Å². The third-order valence-corrected chi connectivity index (χ3v) is 4.73. The maximum atomic E-state index is 12.1. The molecule has 0 aliphatic rings. The van der Waals surface area contributed by atoms with E-state index in [4.69, 9.17) is 27.9 Å². The zero-order valence-corrected chi connectivity index (χ0v) is 18.0. The Balaban J connectivity index is 2.08. The second-order valence-corrected chi connectivity index (χ2v) is 7.13. The van der Waals surface area contributed by atoms with E-state index in [1.807, 2.05) is 12.1 Å². The van der Waals surface area contributed by atoms with Crippen LogP contribution in [0.25, 0.3) is 11.3 Å². The number of nitrogens with zero attached hydrogens (tertiary/aromatic N) is 4. The van der Waals surface area contributed by atoms with Crippen LogP contribution in [0.4, 0.5) is 5.95 Å². The number of aromatic nitrogens is 2. The van der Waals surface area contributed by atoms with Gasteiger partial charge in [0.1, 0.15) is 5.75 Å². The number of halogens is 2. The summed E-state index contributed by atoms with van der Waals surface area (Å²) in [6, 6.07) is 12.2. The molecule has 0 N–H and O–H groups in total. The number of hydrogen-bond donors (Lipinski definition) is 0. The molecule has 0 radical (unpaired) electrons. The molecule has 2 amide bonds. The predicted octanol–water partition coefficient (Wildman–Crippen LogP) is 4.65. The largest absolute Gasteiger partial charge is 0.497 e. The zero-order valence-electron chi connectivity index (χ0n) is 16.5. The quantitative estimate of drug-likeness (QED) is 0.536. The number of carbonyl (C=O) groups is 2. The van der Waals surface area contributed by atoms with Gasteiger partial charge in [-0.15, -0.1) is 0 Å². The Hall–Kier alpha value is -3.16. The first-order chi connectivity index (χ1) is 14.3. The molecule has 1 heterocycles. The van der Waals surface area contributed by atoms with E-state index < -0.39 is 11.8 Å². The van der Waals surface area contributed by atoms with Crippen LogP contribution in [0.2, 0.25) is 10.0 Å². The van der Waals surface area contributed by atoms with E-state index in [1.165, 1.54) is 24.7 Å². The zero-order chi connectivity index (χ0) is 21.8. The van der Waals surface area contributed by atoms with Gasteiger partial charge in [-0.2, -0.15) is 5.10 Å². The number of ether oxygens (including phenoxy) is 1. The van der Waals surface area contributed by atoms with Gasteiger partial charge in [0.05, 0.1) is 30.2 Å². The number of rotatable bonds is 5. The van der Waals surface area contributed by atoms with Gasteiger partial charge in [0, 0.05) is 30.0 Å². The molecular weight excluding hydrogens is 427 g/mol.